The van der Waals surface area contributed by atoms with Crippen LogP contribution in [0.1, 0.15) is 49.4 Å². The Balaban J connectivity index is 1.88. The van der Waals surface area contributed by atoms with Gasteiger partial charge in [0.15, 0.2) is 5.65 Å². The van der Waals surface area contributed by atoms with Gasteiger partial charge in [0.05, 0.1) is 5.56 Å². The predicted octanol–water partition coefficient (Wildman–Crippen LogP) is 1.92. The molecule has 1 amide bonds. The first-order valence-corrected chi connectivity index (χ1v) is 7.28. The molecule has 0 spiro atoms. The van der Waals surface area contributed by atoms with Crippen molar-refractivity contribution in [3.05, 3.63) is 23.9 Å². The zero-order valence-electron chi connectivity index (χ0n) is 11.7. The molecule has 2 aromatic heterocycles. The van der Waals surface area contributed by atoms with Crippen LogP contribution in [0.2, 0.25) is 0 Å². The van der Waals surface area contributed by atoms with Gasteiger partial charge in [-0.15, -0.1) is 5.10 Å². The lowest BCUT2D eigenvalue weighted by atomic mass is 10.1. The number of carbonyl (C=O) groups excluding carboxylic acids is 1. The minimum absolute atomic E-state index is 0.0937. The number of rotatable bonds is 2. The summed E-state index contributed by atoms with van der Waals surface area (Å²) < 4.78 is 1.55. The maximum absolute atomic E-state index is 12.7. The molecule has 0 saturated carbocycles. The van der Waals surface area contributed by atoms with Crippen molar-refractivity contribution in [1.29, 1.82) is 0 Å². The van der Waals surface area contributed by atoms with Crippen molar-refractivity contribution in [1.82, 2.24) is 24.9 Å². The number of pyridine rings is 1. The number of hydrogen-bond acceptors (Lipinski definition) is 4. The van der Waals surface area contributed by atoms with Crippen LogP contribution in [0.15, 0.2) is 18.3 Å². The largest absolute Gasteiger partial charge is 0.336 e. The van der Waals surface area contributed by atoms with E-state index in [4.69, 9.17) is 0 Å². The van der Waals surface area contributed by atoms with Gasteiger partial charge < -0.3 is 4.90 Å². The molecular formula is C14H19N5O. The SMILES string of the molecule is CC[C@H]1CCCCCN1C(=O)c1ccc2nnnn2c1. The number of likely N-dealkylation sites (tertiary alicyclic amines) is 1. The van der Waals surface area contributed by atoms with Gasteiger partial charge in [-0.2, -0.15) is 4.52 Å². The van der Waals surface area contributed by atoms with Gasteiger partial charge in [0.2, 0.25) is 0 Å². The molecule has 2 aromatic rings. The lowest BCUT2D eigenvalue weighted by molar-refractivity contribution is 0.0677. The highest BCUT2D eigenvalue weighted by atomic mass is 16.2. The fourth-order valence-corrected chi connectivity index (χ4v) is 2.90. The molecular weight excluding hydrogens is 254 g/mol. The number of hydrogen-bond donors (Lipinski definition) is 0. The summed E-state index contributed by atoms with van der Waals surface area (Å²) in [6.45, 7) is 3.01. The zero-order valence-corrected chi connectivity index (χ0v) is 11.7. The van der Waals surface area contributed by atoms with Crippen LogP contribution < -0.4 is 0 Å². The molecule has 0 bridgehead atoms. The van der Waals surface area contributed by atoms with Gasteiger partial charge in [0.1, 0.15) is 0 Å². The number of aromatic nitrogens is 4. The van der Waals surface area contributed by atoms with Crippen LogP contribution in [-0.4, -0.2) is 43.4 Å². The average molecular weight is 273 g/mol. The van der Waals surface area contributed by atoms with Gasteiger partial charge in [-0.3, -0.25) is 4.79 Å². The fraction of sp³-hybridized carbons (Fsp3) is 0.571. The summed E-state index contributed by atoms with van der Waals surface area (Å²) in [4.78, 5) is 14.8. The molecule has 1 saturated heterocycles. The van der Waals surface area contributed by atoms with Crippen molar-refractivity contribution in [3.8, 4) is 0 Å². The third kappa shape index (κ3) is 2.37. The van der Waals surface area contributed by atoms with Crippen LogP contribution in [0.25, 0.3) is 5.65 Å². The molecule has 0 radical (unpaired) electrons. The third-order valence-corrected chi connectivity index (χ3v) is 4.05. The molecule has 0 aliphatic carbocycles. The van der Waals surface area contributed by atoms with Gasteiger partial charge in [0.25, 0.3) is 5.91 Å². The molecule has 20 heavy (non-hydrogen) atoms. The first kappa shape index (κ1) is 13.0. The fourth-order valence-electron chi connectivity index (χ4n) is 2.90. The maximum Gasteiger partial charge on any atom is 0.255 e. The van der Waals surface area contributed by atoms with E-state index in [-0.39, 0.29) is 5.91 Å². The second-order valence-electron chi connectivity index (χ2n) is 5.31. The normalized spacial score (nSPS) is 20.1. The summed E-state index contributed by atoms with van der Waals surface area (Å²) >= 11 is 0. The minimum Gasteiger partial charge on any atom is -0.336 e. The second-order valence-corrected chi connectivity index (χ2v) is 5.31. The first-order chi connectivity index (χ1) is 9.79. The summed E-state index contributed by atoms with van der Waals surface area (Å²) in [5.41, 5.74) is 1.31. The van der Waals surface area contributed by atoms with Crippen molar-refractivity contribution < 1.29 is 4.79 Å². The predicted molar refractivity (Wildman–Crippen MR) is 74.4 cm³/mol. The van der Waals surface area contributed by atoms with E-state index in [9.17, 15) is 4.79 Å². The van der Waals surface area contributed by atoms with Crippen molar-refractivity contribution in [3.63, 3.8) is 0 Å². The summed E-state index contributed by atoms with van der Waals surface area (Å²) in [5, 5.41) is 11.3. The number of carbonyl (C=O) groups is 1. The molecule has 0 N–H and O–H groups in total. The Kier molecular flexibility index (Phi) is 3.62. The van der Waals surface area contributed by atoms with E-state index < -0.39 is 0 Å². The van der Waals surface area contributed by atoms with Crippen LogP contribution in [-0.2, 0) is 0 Å². The molecule has 106 valence electrons. The van der Waals surface area contributed by atoms with E-state index in [2.05, 4.69) is 22.4 Å². The lowest BCUT2D eigenvalue weighted by Crippen LogP contribution is -2.39. The van der Waals surface area contributed by atoms with Crippen molar-refractivity contribution in [2.24, 2.45) is 0 Å². The van der Waals surface area contributed by atoms with Crippen LogP contribution >= 0.6 is 0 Å². The van der Waals surface area contributed by atoms with Crippen LogP contribution in [0.5, 0.6) is 0 Å². The van der Waals surface area contributed by atoms with Gasteiger partial charge in [-0.05, 0) is 41.8 Å². The van der Waals surface area contributed by atoms with Gasteiger partial charge in [0, 0.05) is 18.8 Å². The molecule has 3 heterocycles. The monoisotopic (exact) mass is 273 g/mol. The Hall–Kier alpha value is -1.98. The van der Waals surface area contributed by atoms with E-state index in [1.165, 1.54) is 12.8 Å². The smallest absolute Gasteiger partial charge is 0.255 e. The Morgan fingerprint density at radius 3 is 3.10 bits per heavy atom. The number of fused-ring (bicyclic) bond motifs is 1. The topological polar surface area (TPSA) is 63.4 Å². The second kappa shape index (κ2) is 5.56. The standard InChI is InChI=1S/C14H19N5O/c1-2-12-6-4-3-5-9-18(12)14(20)11-7-8-13-15-16-17-19(13)10-11/h7-8,10,12H,2-6,9H2,1H3/t12-/m0/s1. The highest BCUT2D eigenvalue weighted by molar-refractivity contribution is 5.94. The number of amides is 1. The molecule has 1 atom stereocenters. The molecule has 3 rings (SSSR count). The highest BCUT2D eigenvalue weighted by Gasteiger charge is 2.25. The number of nitrogens with zero attached hydrogens (tertiary/aromatic N) is 5. The van der Waals surface area contributed by atoms with E-state index in [0.29, 0.717) is 17.3 Å². The highest BCUT2D eigenvalue weighted by Crippen LogP contribution is 2.21. The molecule has 0 unspecified atom stereocenters. The van der Waals surface area contributed by atoms with E-state index in [1.54, 1.807) is 16.8 Å². The van der Waals surface area contributed by atoms with E-state index >= 15 is 0 Å². The molecule has 0 aromatic carbocycles. The Bertz CT molecular complexity index is 608. The van der Waals surface area contributed by atoms with E-state index in [1.807, 2.05) is 11.0 Å². The zero-order chi connectivity index (χ0) is 13.9. The van der Waals surface area contributed by atoms with E-state index in [0.717, 1.165) is 25.8 Å². The maximum atomic E-state index is 12.7. The minimum atomic E-state index is 0.0937. The summed E-state index contributed by atoms with van der Waals surface area (Å²) in [5.74, 6) is 0.0937. The van der Waals surface area contributed by atoms with Gasteiger partial charge >= 0.3 is 0 Å². The molecule has 6 nitrogen and oxygen atoms in total. The average Bonchev–Trinajstić information content (AvgIpc) is 2.81. The quantitative estimate of drug-likeness (QED) is 0.838. The summed E-state index contributed by atoms with van der Waals surface area (Å²) in [7, 11) is 0. The first-order valence-electron chi connectivity index (χ1n) is 7.28. The number of tetrazole rings is 1. The van der Waals surface area contributed by atoms with Crippen molar-refractivity contribution in [2.75, 3.05) is 6.54 Å². The molecule has 1 fully saturated rings. The van der Waals surface area contributed by atoms with Crippen LogP contribution in [0, 0.1) is 0 Å². The van der Waals surface area contributed by atoms with Crippen LogP contribution in [0.4, 0.5) is 0 Å². The summed E-state index contributed by atoms with van der Waals surface area (Å²) in [6.07, 6.45) is 7.36. The third-order valence-electron chi connectivity index (χ3n) is 4.05. The molecule has 1 aliphatic rings. The van der Waals surface area contributed by atoms with Gasteiger partial charge in [-0.1, -0.05) is 19.8 Å². The van der Waals surface area contributed by atoms with Crippen molar-refractivity contribution >= 4 is 11.6 Å². The Labute approximate surface area is 117 Å². The molecule has 1 aliphatic heterocycles. The summed E-state index contributed by atoms with van der Waals surface area (Å²) in [6, 6.07) is 3.95. The Morgan fingerprint density at radius 2 is 2.25 bits per heavy atom. The van der Waals surface area contributed by atoms with Gasteiger partial charge in [-0.25, -0.2) is 0 Å². The Morgan fingerprint density at radius 1 is 1.35 bits per heavy atom. The molecule has 6 heteroatoms. The van der Waals surface area contributed by atoms with Crippen molar-refractivity contribution in [2.45, 2.75) is 45.1 Å². The lowest BCUT2D eigenvalue weighted by Gasteiger charge is -2.29. The van der Waals surface area contributed by atoms with Crippen LogP contribution in [0.3, 0.4) is 0 Å².